The Morgan fingerprint density at radius 2 is 1.93 bits per heavy atom. The zero-order chi connectivity index (χ0) is 21.7. The Hall–Kier alpha value is -2.08. The zero-order valence-electron chi connectivity index (χ0n) is 16.9. The van der Waals surface area contributed by atoms with Gasteiger partial charge in [0.1, 0.15) is 0 Å². The van der Waals surface area contributed by atoms with E-state index in [1.54, 1.807) is 10.7 Å². The second-order valence-corrected chi connectivity index (χ2v) is 11.0. The number of thiophene rings is 1. The predicted octanol–water partition coefficient (Wildman–Crippen LogP) is 2.91. The van der Waals surface area contributed by atoms with Crippen LogP contribution in [0.4, 0.5) is 0 Å². The topological polar surface area (TPSA) is 107 Å². The second kappa shape index (κ2) is 9.82. The molecule has 11 heteroatoms. The molecule has 0 aliphatic rings. The number of Topliss-reactive ketones (excluding diaryl/α,β-unsaturated/α-hetero) is 1. The Labute approximate surface area is 184 Å². The summed E-state index contributed by atoms with van der Waals surface area (Å²) in [6.45, 7) is 4.58. The van der Waals surface area contributed by atoms with Crippen LogP contribution in [0, 0.1) is 0 Å². The van der Waals surface area contributed by atoms with Crippen LogP contribution < -0.4 is 4.72 Å². The average molecular weight is 466 g/mol. The first-order valence-electron chi connectivity index (χ1n) is 9.31. The molecule has 0 atom stereocenters. The van der Waals surface area contributed by atoms with E-state index in [1.807, 2.05) is 30.3 Å². The van der Waals surface area contributed by atoms with Crippen molar-refractivity contribution in [2.75, 3.05) is 18.6 Å². The van der Waals surface area contributed by atoms with E-state index < -0.39 is 10.0 Å². The average Bonchev–Trinajstić information content (AvgIpc) is 3.35. The van der Waals surface area contributed by atoms with Crippen LogP contribution in [-0.2, 0) is 16.4 Å². The Morgan fingerprint density at radius 3 is 2.60 bits per heavy atom. The van der Waals surface area contributed by atoms with Crippen molar-refractivity contribution in [1.82, 2.24) is 24.9 Å². The molecule has 1 N–H and O–H groups in total. The van der Waals surface area contributed by atoms with Crippen LogP contribution in [0.2, 0.25) is 0 Å². The largest absolute Gasteiger partial charge is 0.292 e. The summed E-state index contributed by atoms with van der Waals surface area (Å²) in [5, 5.41) is 12.4. The van der Waals surface area contributed by atoms with Crippen molar-refractivity contribution >= 4 is 38.9 Å². The van der Waals surface area contributed by atoms with Gasteiger partial charge in [-0.2, -0.15) is 4.68 Å². The summed E-state index contributed by atoms with van der Waals surface area (Å²) >= 11 is 2.66. The van der Waals surface area contributed by atoms with Gasteiger partial charge in [-0.15, -0.1) is 16.4 Å². The number of tetrazole rings is 1. The van der Waals surface area contributed by atoms with Crippen molar-refractivity contribution in [3.05, 3.63) is 51.7 Å². The number of nitrogens with one attached hydrogen (secondary N) is 1. The number of hydrogen-bond acceptors (Lipinski definition) is 8. The third kappa shape index (κ3) is 6.21. The van der Waals surface area contributed by atoms with Crippen molar-refractivity contribution in [2.45, 2.75) is 31.3 Å². The van der Waals surface area contributed by atoms with Crippen molar-refractivity contribution in [3.63, 3.8) is 0 Å². The van der Waals surface area contributed by atoms with Crippen LogP contribution >= 0.6 is 23.1 Å². The third-order valence-corrected chi connectivity index (χ3v) is 7.08. The number of hydrogen-bond donors (Lipinski definition) is 1. The number of ketones is 1. The number of thioether (sulfide) groups is 1. The molecule has 0 aliphatic carbocycles. The highest BCUT2D eigenvalue weighted by molar-refractivity contribution is 7.99. The number of nitrogens with zero attached hydrogens (tertiary/aromatic N) is 4. The highest BCUT2D eigenvalue weighted by Crippen LogP contribution is 2.24. The lowest BCUT2D eigenvalue weighted by atomic mass is 10.0. The summed E-state index contributed by atoms with van der Waals surface area (Å²) in [7, 11) is -3.21. The smallest absolute Gasteiger partial charge is 0.214 e. The van der Waals surface area contributed by atoms with Gasteiger partial charge in [0.05, 0.1) is 22.6 Å². The van der Waals surface area contributed by atoms with E-state index in [9.17, 15) is 13.2 Å². The molecule has 0 saturated heterocycles. The second-order valence-electron chi connectivity index (χ2n) is 7.01. The molecular weight excluding hydrogens is 442 g/mol. The first-order chi connectivity index (χ1) is 14.2. The Morgan fingerprint density at radius 1 is 1.20 bits per heavy atom. The van der Waals surface area contributed by atoms with Crippen molar-refractivity contribution in [1.29, 1.82) is 0 Å². The van der Waals surface area contributed by atoms with Gasteiger partial charge < -0.3 is 0 Å². The first kappa shape index (κ1) is 22.6. The molecule has 3 rings (SSSR count). The maximum absolute atomic E-state index is 12.6. The Balaban J connectivity index is 1.59. The van der Waals surface area contributed by atoms with Crippen LogP contribution in [0.15, 0.2) is 41.6 Å². The maximum Gasteiger partial charge on any atom is 0.214 e. The van der Waals surface area contributed by atoms with Crippen LogP contribution in [0.25, 0.3) is 5.69 Å². The standard InChI is InChI=1S/C19H23N5O3S3/c1-13(2)14-4-6-15(7-5-14)24-19(21-22-23-24)28-12-17(25)18-9-8-16(29-18)10-11-20-30(3,26)27/h4-9,13,20H,10-12H2,1-3H3. The van der Waals surface area contributed by atoms with E-state index in [2.05, 4.69) is 34.1 Å². The molecule has 160 valence electrons. The summed E-state index contributed by atoms with van der Waals surface area (Å²) in [6.07, 6.45) is 1.67. The molecule has 0 unspecified atom stereocenters. The Kier molecular flexibility index (Phi) is 7.40. The number of carbonyl (C=O) groups is 1. The zero-order valence-corrected chi connectivity index (χ0v) is 19.4. The third-order valence-electron chi connectivity index (χ3n) is 4.25. The van der Waals surface area contributed by atoms with Crippen LogP contribution in [-0.4, -0.2) is 53.0 Å². The molecule has 30 heavy (non-hydrogen) atoms. The molecule has 0 saturated carbocycles. The van der Waals surface area contributed by atoms with E-state index in [0.29, 0.717) is 28.9 Å². The van der Waals surface area contributed by atoms with E-state index in [0.717, 1.165) is 16.8 Å². The van der Waals surface area contributed by atoms with Gasteiger partial charge in [-0.1, -0.05) is 37.7 Å². The van der Waals surface area contributed by atoms with Gasteiger partial charge in [0, 0.05) is 11.4 Å². The molecule has 0 amide bonds. The van der Waals surface area contributed by atoms with Gasteiger partial charge in [0.25, 0.3) is 0 Å². The quantitative estimate of drug-likeness (QED) is 0.362. The number of rotatable bonds is 10. The molecule has 3 aromatic rings. The monoisotopic (exact) mass is 465 g/mol. The summed E-state index contributed by atoms with van der Waals surface area (Å²) in [5.41, 5.74) is 2.08. The van der Waals surface area contributed by atoms with Crippen molar-refractivity contribution in [2.24, 2.45) is 0 Å². The summed E-state index contributed by atoms with van der Waals surface area (Å²) in [4.78, 5) is 14.1. The molecule has 0 fully saturated rings. The lowest BCUT2D eigenvalue weighted by Gasteiger charge is -2.07. The lowest BCUT2D eigenvalue weighted by molar-refractivity contribution is 0.102. The summed E-state index contributed by atoms with van der Waals surface area (Å²) in [5.74, 6) is 0.640. The Bertz CT molecular complexity index is 1100. The molecular formula is C19H23N5O3S3. The minimum Gasteiger partial charge on any atom is -0.292 e. The highest BCUT2D eigenvalue weighted by atomic mass is 32.2. The van der Waals surface area contributed by atoms with E-state index >= 15 is 0 Å². The van der Waals surface area contributed by atoms with E-state index in [1.165, 1.54) is 28.7 Å². The summed E-state index contributed by atoms with van der Waals surface area (Å²) in [6, 6.07) is 11.7. The minimum absolute atomic E-state index is 0.0166. The van der Waals surface area contributed by atoms with Gasteiger partial charge in [-0.05, 0) is 52.6 Å². The number of aromatic nitrogens is 4. The molecule has 2 aromatic heterocycles. The molecule has 0 aliphatic heterocycles. The van der Waals surface area contributed by atoms with Gasteiger partial charge in [-0.3, -0.25) is 4.79 Å². The van der Waals surface area contributed by atoms with Gasteiger partial charge in [-0.25, -0.2) is 13.1 Å². The van der Waals surface area contributed by atoms with Gasteiger partial charge >= 0.3 is 0 Å². The number of carbonyl (C=O) groups excluding carboxylic acids is 1. The van der Waals surface area contributed by atoms with Crippen LogP contribution in [0.1, 0.15) is 39.9 Å². The minimum atomic E-state index is -3.21. The van der Waals surface area contributed by atoms with Crippen molar-refractivity contribution in [3.8, 4) is 5.69 Å². The summed E-state index contributed by atoms with van der Waals surface area (Å²) < 4.78 is 26.3. The lowest BCUT2D eigenvalue weighted by Crippen LogP contribution is -2.23. The molecule has 8 nitrogen and oxygen atoms in total. The van der Waals surface area contributed by atoms with Gasteiger partial charge in [0.15, 0.2) is 5.78 Å². The molecule has 0 spiro atoms. The van der Waals surface area contributed by atoms with Crippen LogP contribution in [0.5, 0.6) is 0 Å². The molecule has 0 bridgehead atoms. The van der Waals surface area contributed by atoms with E-state index in [-0.39, 0.29) is 11.5 Å². The molecule has 1 aromatic carbocycles. The van der Waals surface area contributed by atoms with Gasteiger partial charge in [0.2, 0.25) is 15.2 Å². The van der Waals surface area contributed by atoms with Crippen molar-refractivity contribution < 1.29 is 13.2 Å². The van der Waals surface area contributed by atoms with Crippen LogP contribution in [0.3, 0.4) is 0 Å². The number of sulfonamides is 1. The molecule has 0 radical (unpaired) electrons. The SMILES string of the molecule is CC(C)c1ccc(-n2nnnc2SCC(=O)c2ccc(CCNS(C)(=O)=O)s2)cc1. The predicted molar refractivity (Wildman–Crippen MR) is 119 cm³/mol. The molecule has 2 heterocycles. The fourth-order valence-electron chi connectivity index (χ4n) is 2.65. The number of benzene rings is 1. The first-order valence-corrected chi connectivity index (χ1v) is 13.0. The fourth-order valence-corrected chi connectivity index (χ4v) is 4.94. The normalized spacial score (nSPS) is 11.9. The maximum atomic E-state index is 12.6. The fraction of sp³-hybridized carbons (Fsp3) is 0.368. The van der Waals surface area contributed by atoms with E-state index in [4.69, 9.17) is 0 Å². The highest BCUT2D eigenvalue weighted by Gasteiger charge is 2.15.